The van der Waals surface area contributed by atoms with Crippen LogP contribution in [0.15, 0.2) is 59.4 Å². The third kappa shape index (κ3) is 3.44. The number of thiazole rings is 1. The molecule has 2 aliphatic rings. The summed E-state index contributed by atoms with van der Waals surface area (Å²) in [6.07, 6.45) is 3.22. The van der Waals surface area contributed by atoms with Crippen LogP contribution in [0.5, 0.6) is 5.75 Å². The van der Waals surface area contributed by atoms with E-state index in [0.717, 1.165) is 21.5 Å². The second-order valence-corrected chi connectivity index (χ2v) is 8.42. The van der Waals surface area contributed by atoms with E-state index in [2.05, 4.69) is 15.4 Å². The number of nitrogens with one attached hydrogen (secondary N) is 1. The SMILES string of the molecule is Nc1ncc(B2NC(C3=Cc4cc(Cl)cc(Cl)c4OC3c3ccccc3)=NO2)s1. The highest BCUT2D eigenvalue weighted by atomic mass is 35.5. The smallest absolute Gasteiger partial charge is 0.479 e. The van der Waals surface area contributed by atoms with Gasteiger partial charge in [-0.2, -0.15) is 0 Å². The Kier molecular flexibility index (Phi) is 4.62. The van der Waals surface area contributed by atoms with E-state index in [9.17, 15) is 0 Å². The van der Waals surface area contributed by atoms with Crippen molar-refractivity contribution in [1.29, 1.82) is 0 Å². The van der Waals surface area contributed by atoms with Crippen LogP contribution in [-0.2, 0) is 4.76 Å². The molecule has 29 heavy (non-hydrogen) atoms. The van der Waals surface area contributed by atoms with Crippen LogP contribution in [-0.4, -0.2) is 17.9 Å². The topological polar surface area (TPSA) is 81.8 Å². The summed E-state index contributed by atoms with van der Waals surface area (Å²) in [6.45, 7) is 0. The lowest BCUT2D eigenvalue weighted by Crippen LogP contribution is -2.44. The van der Waals surface area contributed by atoms with Crippen LogP contribution in [0.2, 0.25) is 10.0 Å². The number of halogens is 2. The summed E-state index contributed by atoms with van der Waals surface area (Å²) in [4.78, 5) is 4.07. The second kappa shape index (κ2) is 7.29. The van der Waals surface area contributed by atoms with Gasteiger partial charge in [0, 0.05) is 22.4 Å². The van der Waals surface area contributed by atoms with Crippen LogP contribution in [0.25, 0.3) is 6.08 Å². The molecule has 0 amide bonds. The number of oxime groups is 1. The van der Waals surface area contributed by atoms with Gasteiger partial charge in [-0.15, -0.1) is 11.3 Å². The molecule has 6 nitrogen and oxygen atoms in total. The molecule has 0 saturated carbocycles. The number of fused-ring (bicyclic) bond motifs is 1. The van der Waals surface area contributed by atoms with Gasteiger partial charge in [-0.25, -0.2) is 4.98 Å². The number of nitrogens with zero attached hydrogens (tertiary/aromatic N) is 2. The summed E-state index contributed by atoms with van der Waals surface area (Å²) in [5, 5.41) is 8.99. The van der Waals surface area contributed by atoms with Crippen LogP contribution in [0.3, 0.4) is 0 Å². The first-order chi connectivity index (χ1) is 14.1. The van der Waals surface area contributed by atoms with Crippen molar-refractivity contribution < 1.29 is 9.49 Å². The van der Waals surface area contributed by atoms with Crippen molar-refractivity contribution in [1.82, 2.24) is 10.2 Å². The molecule has 3 aromatic rings. The van der Waals surface area contributed by atoms with Crippen molar-refractivity contribution in [2.45, 2.75) is 6.10 Å². The molecule has 0 bridgehead atoms. The van der Waals surface area contributed by atoms with Crippen LogP contribution in [0.4, 0.5) is 5.13 Å². The van der Waals surface area contributed by atoms with E-state index in [1.165, 1.54) is 11.3 Å². The maximum atomic E-state index is 6.39. The fraction of sp³-hybridized carbons (Fsp3) is 0.0526. The van der Waals surface area contributed by atoms with E-state index in [0.29, 0.717) is 26.8 Å². The van der Waals surface area contributed by atoms with Crippen molar-refractivity contribution in [3.8, 4) is 5.75 Å². The minimum Gasteiger partial charge on any atom is -0.479 e. The zero-order valence-corrected chi connectivity index (χ0v) is 17.1. The molecule has 0 aliphatic carbocycles. The molecule has 0 spiro atoms. The number of anilines is 1. The normalized spacial score (nSPS) is 17.6. The van der Waals surface area contributed by atoms with Crippen molar-refractivity contribution in [2.24, 2.45) is 5.16 Å². The molecule has 2 aliphatic heterocycles. The van der Waals surface area contributed by atoms with Crippen molar-refractivity contribution in [2.75, 3.05) is 5.73 Å². The first-order valence-electron chi connectivity index (χ1n) is 8.72. The number of hydrogen-bond acceptors (Lipinski definition) is 7. The first-order valence-corrected chi connectivity index (χ1v) is 10.3. The number of rotatable bonds is 3. The second-order valence-electron chi connectivity index (χ2n) is 6.48. The molecule has 0 saturated heterocycles. The minimum absolute atomic E-state index is 0.414. The number of amidine groups is 1. The van der Waals surface area contributed by atoms with Gasteiger partial charge in [0.25, 0.3) is 0 Å². The van der Waals surface area contributed by atoms with Crippen LogP contribution in [0.1, 0.15) is 17.2 Å². The first kappa shape index (κ1) is 18.4. The van der Waals surface area contributed by atoms with Gasteiger partial charge in [-0.05, 0) is 23.8 Å². The molecule has 3 heterocycles. The summed E-state index contributed by atoms with van der Waals surface area (Å²) in [5.41, 5.74) is 8.28. The molecular formula is C19H13BCl2N4O2S. The van der Waals surface area contributed by atoms with E-state index in [4.69, 9.17) is 38.4 Å². The lowest BCUT2D eigenvalue weighted by molar-refractivity contribution is 0.244. The molecule has 1 unspecified atom stereocenters. The Morgan fingerprint density at radius 3 is 2.76 bits per heavy atom. The van der Waals surface area contributed by atoms with E-state index >= 15 is 0 Å². The minimum atomic E-state index is -0.457. The van der Waals surface area contributed by atoms with E-state index in [1.807, 2.05) is 42.5 Å². The Labute approximate surface area is 181 Å². The zero-order valence-electron chi connectivity index (χ0n) is 14.8. The fourth-order valence-corrected chi connectivity index (χ4v) is 4.48. The number of ether oxygens (including phenoxy) is 1. The summed E-state index contributed by atoms with van der Waals surface area (Å²) in [5.74, 6) is 1.15. The van der Waals surface area contributed by atoms with Crippen LogP contribution >= 0.6 is 34.5 Å². The lowest BCUT2D eigenvalue weighted by atomic mass is 9.81. The standard InChI is InChI=1S/C19H13BCl2N4O2S/c21-12-6-11-7-13(18-25-20(28-26-18)15-9-24-19(23)29-15)16(10-4-2-1-3-5-10)27-17(11)14(22)8-12/h1-9,16H,(H2,23,24)(H,25,26). The number of aromatic nitrogens is 1. The predicted molar refractivity (Wildman–Crippen MR) is 118 cm³/mol. The average molecular weight is 443 g/mol. The zero-order chi connectivity index (χ0) is 20.0. The molecule has 10 heteroatoms. The summed E-state index contributed by atoms with van der Waals surface area (Å²) < 4.78 is 12.7. The monoisotopic (exact) mass is 442 g/mol. The van der Waals surface area contributed by atoms with E-state index in [1.54, 1.807) is 12.3 Å². The van der Waals surface area contributed by atoms with E-state index < -0.39 is 13.2 Å². The number of hydrogen-bond donors (Lipinski definition) is 2. The highest BCUT2D eigenvalue weighted by Crippen LogP contribution is 2.43. The highest BCUT2D eigenvalue weighted by molar-refractivity contribution is 7.25. The van der Waals surface area contributed by atoms with Gasteiger partial charge in [0.2, 0.25) is 0 Å². The molecule has 1 atom stereocenters. The average Bonchev–Trinajstić information content (AvgIpc) is 3.37. The van der Waals surface area contributed by atoms with Gasteiger partial charge in [0.1, 0.15) is 5.75 Å². The maximum absolute atomic E-state index is 6.39. The highest BCUT2D eigenvalue weighted by Gasteiger charge is 2.37. The van der Waals surface area contributed by atoms with Crippen molar-refractivity contribution in [3.63, 3.8) is 0 Å². The Hall–Kier alpha value is -2.68. The molecule has 0 radical (unpaired) electrons. The third-order valence-corrected chi connectivity index (χ3v) is 5.93. The lowest BCUT2D eigenvalue weighted by Gasteiger charge is -2.28. The van der Waals surface area contributed by atoms with Gasteiger partial charge in [0.15, 0.2) is 17.1 Å². The quantitative estimate of drug-likeness (QED) is 0.601. The molecule has 3 N–H and O–H groups in total. The fourth-order valence-electron chi connectivity index (χ4n) is 3.27. The van der Waals surface area contributed by atoms with Gasteiger partial charge < -0.3 is 20.5 Å². The Morgan fingerprint density at radius 1 is 1.17 bits per heavy atom. The van der Waals surface area contributed by atoms with Crippen LogP contribution < -0.4 is 20.5 Å². The molecule has 0 fully saturated rings. The summed E-state index contributed by atoms with van der Waals surface area (Å²) in [7, 11) is -0.457. The van der Waals surface area contributed by atoms with Crippen molar-refractivity contribution in [3.05, 3.63) is 75.4 Å². The largest absolute Gasteiger partial charge is 0.555 e. The van der Waals surface area contributed by atoms with E-state index in [-0.39, 0.29) is 0 Å². The number of benzene rings is 2. The summed E-state index contributed by atoms with van der Waals surface area (Å²) in [6, 6.07) is 13.3. The molecular weight excluding hydrogens is 430 g/mol. The van der Waals surface area contributed by atoms with Crippen LogP contribution in [0, 0.1) is 0 Å². The number of nitrogens with two attached hydrogens (primary N) is 1. The van der Waals surface area contributed by atoms with Gasteiger partial charge in [0.05, 0.1) is 9.80 Å². The Morgan fingerprint density at radius 2 is 2.00 bits per heavy atom. The number of nitrogen functional groups attached to an aromatic ring is 1. The molecule has 1 aromatic heterocycles. The Balaban J connectivity index is 1.55. The summed E-state index contributed by atoms with van der Waals surface area (Å²) >= 11 is 13.9. The molecule has 2 aromatic carbocycles. The molecule has 5 rings (SSSR count). The molecule has 144 valence electrons. The van der Waals surface area contributed by atoms with Gasteiger partial charge in [-0.1, -0.05) is 58.7 Å². The van der Waals surface area contributed by atoms with Crippen molar-refractivity contribution >= 4 is 63.4 Å². The predicted octanol–water partition coefficient (Wildman–Crippen LogP) is 3.88. The van der Waals surface area contributed by atoms with Gasteiger partial charge >= 0.3 is 7.05 Å². The maximum Gasteiger partial charge on any atom is 0.555 e. The van der Waals surface area contributed by atoms with Gasteiger partial charge in [-0.3, -0.25) is 0 Å². The Bertz CT molecular complexity index is 1150. The third-order valence-electron chi connectivity index (χ3n) is 4.56.